The summed E-state index contributed by atoms with van der Waals surface area (Å²) in [5.74, 6) is -0.269. The Kier molecular flexibility index (Phi) is 8.09. The third kappa shape index (κ3) is 6.94. The van der Waals surface area contributed by atoms with Gasteiger partial charge in [-0.25, -0.2) is 5.06 Å². The monoisotopic (exact) mass is 486 g/mol. The van der Waals surface area contributed by atoms with Crippen molar-refractivity contribution in [3.05, 3.63) is 83.9 Å². The number of nitrogens with one attached hydrogen (secondary N) is 1. The Morgan fingerprint density at radius 1 is 0.833 bits per heavy atom. The highest BCUT2D eigenvalue weighted by Crippen LogP contribution is 2.27. The number of benzene rings is 3. The third-order valence-corrected chi connectivity index (χ3v) is 6.79. The fraction of sp³-hybridized carbons (Fsp3) is 0.367. The van der Waals surface area contributed by atoms with Gasteiger partial charge in [-0.2, -0.15) is 0 Å². The van der Waals surface area contributed by atoms with E-state index in [2.05, 4.69) is 91.5 Å². The maximum atomic E-state index is 12.4. The summed E-state index contributed by atoms with van der Waals surface area (Å²) in [5, 5.41) is 14.5. The normalized spacial score (nSPS) is 15.0. The van der Waals surface area contributed by atoms with Gasteiger partial charge in [0.2, 0.25) is 0 Å². The number of carbonyl (C=O) groups excluding carboxylic acids is 1. The Bertz CT molecular complexity index is 1130. The van der Waals surface area contributed by atoms with Crippen LogP contribution >= 0.6 is 0 Å². The molecule has 6 nitrogen and oxygen atoms in total. The van der Waals surface area contributed by atoms with Gasteiger partial charge in [-0.1, -0.05) is 69.3 Å². The van der Waals surface area contributed by atoms with Gasteiger partial charge in [0.1, 0.15) is 0 Å². The van der Waals surface area contributed by atoms with E-state index in [4.69, 9.17) is 0 Å². The summed E-state index contributed by atoms with van der Waals surface area (Å²) < 4.78 is 0. The maximum absolute atomic E-state index is 12.4. The minimum Gasteiger partial charge on any atom is -0.356 e. The highest BCUT2D eigenvalue weighted by Gasteiger charge is 2.20. The van der Waals surface area contributed by atoms with Gasteiger partial charge in [0.15, 0.2) is 0 Å². The van der Waals surface area contributed by atoms with Crippen LogP contribution in [0.25, 0.3) is 11.1 Å². The number of nitrogens with zero attached hydrogens (tertiary/aromatic N) is 3. The Morgan fingerprint density at radius 2 is 1.33 bits per heavy atom. The lowest BCUT2D eigenvalue weighted by molar-refractivity contribution is -0.169. The van der Waals surface area contributed by atoms with E-state index in [1.165, 1.54) is 16.7 Å². The molecule has 190 valence electrons. The van der Waals surface area contributed by atoms with Crippen molar-refractivity contribution in [3.63, 3.8) is 0 Å². The molecule has 0 aromatic heterocycles. The van der Waals surface area contributed by atoms with Crippen LogP contribution in [0.15, 0.2) is 72.8 Å². The van der Waals surface area contributed by atoms with Crippen LogP contribution in [0.5, 0.6) is 0 Å². The molecular formula is C30H38N4O2. The second-order valence-electron chi connectivity index (χ2n) is 10.8. The van der Waals surface area contributed by atoms with E-state index in [-0.39, 0.29) is 24.4 Å². The molecule has 1 saturated heterocycles. The van der Waals surface area contributed by atoms with Crippen molar-refractivity contribution in [2.24, 2.45) is 0 Å². The smallest absolute Gasteiger partial charge is 0.260 e. The molecule has 36 heavy (non-hydrogen) atoms. The van der Waals surface area contributed by atoms with Crippen molar-refractivity contribution in [1.82, 2.24) is 14.9 Å². The number of hydroxylamine groups is 2. The van der Waals surface area contributed by atoms with E-state index in [0.29, 0.717) is 0 Å². The molecule has 3 aromatic rings. The molecule has 2 N–H and O–H groups in total. The minimum absolute atomic E-state index is 0.150. The van der Waals surface area contributed by atoms with Gasteiger partial charge >= 0.3 is 0 Å². The number of hydrogen-bond acceptors (Lipinski definition) is 5. The highest BCUT2D eigenvalue weighted by atomic mass is 16.5. The summed E-state index contributed by atoms with van der Waals surface area (Å²) in [6.45, 7) is 10.7. The second kappa shape index (κ2) is 11.2. The van der Waals surface area contributed by atoms with Gasteiger partial charge in [0.25, 0.3) is 5.91 Å². The topological polar surface area (TPSA) is 59.0 Å². The van der Waals surface area contributed by atoms with Crippen molar-refractivity contribution in [1.29, 1.82) is 0 Å². The Balaban J connectivity index is 1.29. The molecule has 0 radical (unpaired) electrons. The van der Waals surface area contributed by atoms with Gasteiger partial charge in [0.05, 0.1) is 13.1 Å². The largest absolute Gasteiger partial charge is 0.356 e. The maximum Gasteiger partial charge on any atom is 0.260 e. The van der Waals surface area contributed by atoms with E-state index in [1.54, 1.807) is 0 Å². The average Bonchev–Trinajstić information content (AvgIpc) is 2.86. The summed E-state index contributed by atoms with van der Waals surface area (Å²) in [5.41, 5.74) is 6.70. The van der Waals surface area contributed by atoms with E-state index in [0.717, 1.165) is 48.2 Å². The molecule has 0 unspecified atom stereocenters. The van der Waals surface area contributed by atoms with E-state index >= 15 is 0 Å². The number of carbonyl (C=O) groups is 1. The van der Waals surface area contributed by atoms with E-state index in [9.17, 15) is 10.0 Å². The SMILES string of the molecule is CN1CCN(CC(=O)N(O)Cc2ccc(Nc3ccc(-c4ccc(C(C)(C)C)cc4)cc3)cc2)CC1. The first-order valence-corrected chi connectivity index (χ1v) is 12.6. The molecule has 1 aliphatic rings. The Labute approximate surface area is 215 Å². The van der Waals surface area contributed by atoms with Crippen LogP contribution in [0, 0.1) is 0 Å². The van der Waals surface area contributed by atoms with E-state index < -0.39 is 0 Å². The molecule has 0 bridgehead atoms. The van der Waals surface area contributed by atoms with Crippen LogP contribution in [-0.4, -0.2) is 65.7 Å². The fourth-order valence-electron chi connectivity index (χ4n) is 4.31. The first-order valence-electron chi connectivity index (χ1n) is 12.6. The molecule has 0 spiro atoms. The molecular weight excluding hydrogens is 448 g/mol. The van der Waals surface area contributed by atoms with Gasteiger partial charge in [0, 0.05) is 37.6 Å². The lowest BCUT2D eigenvalue weighted by Crippen LogP contribution is -2.48. The molecule has 4 rings (SSSR count). The quantitative estimate of drug-likeness (QED) is 0.348. The first-order chi connectivity index (χ1) is 17.2. The van der Waals surface area contributed by atoms with Crippen LogP contribution < -0.4 is 5.32 Å². The number of anilines is 2. The zero-order valence-corrected chi connectivity index (χ0v) is 21.9. The van der Waals surface area contributed by atoms with Gasteiger partial charge in [-0.05, 0) is 59.0 Å². The number of hydrogen-bond donors (Lipinski definition) is 2. The number of piperazine rings is 1. The van der Waals surface area contributed by atoms with Crippen LogP contribution in [0.2, 0.25) is 0 Å². The number of amides is 1. The molecule has 1 heterocycles. The summed E-state index contributed by atoms with van der Waals surface area (Å²) in [6, 6.07) is 25.0. The van der Waals surface area contributed by atoms with Crippen molar-refractivity contribution < 1.29 is 10.0 Å². The van der Waals surface area contributed by atoms with Crippen molar-refractivity contribution in [3.8, 4) is 11.1 Å². The van der Waals surface area contributed by atoms with Crippen LogP contribution in [0.3, 0.4) is 0 Å². The lowest BCUT2D eigenvalue weighted by atomic mass is 9.86. The lowest BCUT2D eigenvalue weighted by Gasteiger charge is -2.32. The average molecular weight is 487 g/mol. The first kappa shape index (κ1) is 25.9. The van der Waals surface area contributed by atoms with Crippen LogP contribution in [-0.2, 0) is 16.8 Å². The fourth-order valence-corrected chi connectivity index (χ4v) is 4.31. The van der Waals surface area contributed by atoms with Crippen LogP contribution in [0.1, 0.15) is 31.9 Å². The molecule has 1 aliphatic heterocycles. The highest BCUT2D eigenvalue weighted by molar-refractivity contribution is 5.77. The number of likely N-dealkylation sites (N-methyl/N-ethyl adjacent to an activating group) is 1. The Hall–Kier alpha value is -3.19. The second-order valence-corrected chi connectivity index (χ2v) is 10.8. The molecule has 1 amide bonds. The predicted octanol–water partition coefficient (Wildman–Crippen LogP) is 5.36. The minimum atomic E-state index is -0.269. The van der Waals surface area contributed by atoms with Gasteiger partial charge in [-0.3, -0.25) is 14.9 Å². The van der Waals surface area contributed by atoms with E-state index in [1.807, 2.05) is 24.3 Å². The van der Waals surface area contributed by atoms with Gasteiger partial charge in [-0.15, -0.1) is 0 Å². The summed E-state index contributed by atoms with van der Waals surface area (Å²) in [6.07, 6.45) is 0. The molecule has 0 aliphatic carbocycles. The molecule has 0 atom stereocenters. The van der Waals surface area contributed by atoms with Crippen LogP contribution in [0.4, 0.5) is 11.4 Å². The molecule has 0 saturated carbocycles. The zero-order chi connectivity index (χ0) is 25.7. The summed E-state index contributed by atoms with van der Waals surface area (Å²) in [7, 11) is 2.08. The van der Waals surface area contributed by atoms with Crippen molar-refractivity contribution in [2.75, 3.05) is 45.1 Å². The predicted molar refractivity (Wildman–Crippen MR) is 147 cm³/mol. The molecule has 6 heteroatoms. The molecule has 1 fully saturated rings. The Morgan fingerprint density at radius 3 is 1.86 bits per heavy atom. The van der Waals surface area contributed by atoms with Crippen molar-refractivity contribution >= 4 is 17.3 Å². The van der Waals surface area contributed by atoms with Crippen molar-refractivity contribution in [2.45, 2.75) is 32.7 Å². The zero-order valence-electron chi connectivity index (χ0n) is 21.9. The standard InChI is InChI=1S/C30H38N4O2/c1-30(2,3)26-11-7-24(8-12-26)25-9-15-28(16-10-25)31-27-13-5-23(6-14-27)21-34(36)29(35)22-33-19-17-32(4)18-20-33/h5-16,31,36H,17-22H2,1-4H3. The summed E-state index contributed by atoms with van der Waals surface area (Å²) in [4.78, 5) is 16.7. The van der Waals surface area contributed by atoms with Gasteiger partial charge < -0.3 is 10.2 Å². The third-order valence-electron chi connectivity index (χ3n) is 6.79. The summed E-state index contributed by atoms with van der Waals surface area (Å²) >= 11 is 0. The number of rotatable bonds is 7. The molecule has 3 aromatic carbocycles.